The first-order valence-electron chi connectivity index (χ1n) is 8.17. The summed E-state index contributed by atoms with van der Waals surface area (Å²) in [5, 5.41) is 7.85. The molecule has 0 bridgehead atoms. The fourth-order valence-corrected chi connectivity index (χ4v) is 2.73. The highest BCUT2D eigenvalue weighted by molar-refractivity contribution is 6.07. The van der Waals surface area contributed by atoms with Gasteiger partial charge >= 0.3 is 0 Å². The van der Waals surface area contributed by atoms with Crippen molar-refractivity contribution in [3.63, 3.8) is 0 Å². The number of carbonyl (C=O) groups is 2. The largest absolute Gasteiger partial charge is 0.385 e. The standard InChI is InChI=1S/C17H25N5O3/c1-11-9-13(15-12(2)20-22(4)16(15)19-11)17(24)21(3)10-14(23)18-7-6-8-25-5/h9H,6-8,10H2,1-5H3,(H,18,23). The summed E-state index contributed by atoms with van der Waals surface area (Å²) < 4.78 is 6.60. The highest BCUT2D eigenvalue weighted by Crippen LogP contribution is 2.22. The Morgan fingerprint density at radius 1 is 1.36 bits per heavy atom. The number of rotatable bonds is 7. The average Bonchev–Trinajstić information content (AvgIpc) is 2.84. The molecule has 2 aromatic heterocycles. The van der Waals surface area contributed by atoms with Gasteiger partial charge in [0.25, 0.3) is 5.91 Å². The quantitative estimate of drug-likeness (QED) is 0.749. The molecule has 2 aromatic rings. The van der Waals surface area contributed by atoms with Gasteiger partial charge in [0.2, 0.25) is 5.91 Å². The van der Waals surface area contributed by atoms with E-state index in [1.54, 1.807) is 32.0 Å². The molecule has 25 heavy (non-hydrogen) atoms. The Balaban J connectivity index is 2.14. The Kier molecular flexibility index (Phi) is 6.08. The molecule has 0 radical (unpaired) electrons. The second-order valence-electron chi connectivity index (χ2n) is 6.08. The van der Waals surface area contributed by atoms with Crippen LogP contribution in [0.15, 0.2) is 6.07 Å². The number of likely N-dealkylation sites (N-methyl/N-ethyl adjacent to an activating group) is 1. The van der Waals surface area contributed by atoms with Gasteiger partial charge in [-0.3, -0.25) is 14.3 Å². The molecule has 2 rings (SSSR count). The van der Waals surface area contributed by atoms with Crippen LogP contribution in [-0.4, -0.2) is 65.3 Å². The number of aryl methyl sites for hydroxylation is 3. The summed E-state index contributed by atoms with van der Waals surface area (Å²) in [6.45, 7) is 4.78. The Morgan fingerprint density at radius 3 is 2.76 bits per heavy atom. The molecule has 2 amide bonds. The molecule has 1 N–H and O–H groups in total. The van der Waals surface area contributed by atoms with Crippen molar-refractivity contribution in [1.82, 2.24) is 25.0 Å². The maximum atomic E-state index is 12.8. The first-order valence-corrected chi connectivity index (χ1v) is 8.17. The van der Waals surface area contributed by atoms with Gasteiger partial charge in [0.15, 0.2) is 5.65 Å². The van der Waals surface area contributed by atoms with Crippen LogP contribution in [0.5, 0.6) is 0 Å². The molecule has 0 saturated heterocycles. The minimum Gasteiger partial charge on any atom is -0.385 e. The zero-order chi connectivity index (χ0) is 18.6. The minimum atomic E-state index is -0.223. The van der Waals surface area contributed by atoms with Gasteiger partial charge in [0.1, 0.15) is 0 Å². The Bertz CT molecular complexity index is 784. The predicted molar refractivity (Wildman–Crippen MR) is 94.4 cm³/mol. The van der Waals surface area contributed by atoms with E-state index in [1.807, 2.05) is 13.8 Å². The second-order valence-corrected chi connectivity index (χ2v) is 6.08. The van der Waals surface area contributed by atoms with Gasteiger partial charge in [-0.15, -0.1) is 0 Å². The van der Waals surface area contributed by atoms with Gasteiger partial charge in [-0.2, -0.15) is 5.10 Å². The Hall–Kier alpha value is -2.48. The van der Waals surface area contributed by atoms with Crippen LogP contribution < -0.4 is 5.32 Å². The lowest BCUT2D eigenvalue weighted by Crippen LogP contribution is -2.39. The first-order chi connectivity index (χ1) is 11.8. The molecule has 2 heterocycles. The smallest absolute Gasteiger partial charge is 0.254 e. The number of amides is 2. The topological polar surface area (TPSA) is 89.3 Å². The van der Waals surface area contributed by atoms with Crippen LogP contribution in [-0.2, 0) is 16.6 Å². The molecular weight excluding hydrogens is 322 g/mol. The summed E-state index contributed by atoms with van der Waals surface area (Å²) in [7, 11) is 5.03. The van der Waals surface area contributed by atoms with Crippen molar-refractivity contribution in [3.05, 3.63) is 23.0 Å². The van der Waals surface area contributed by atoms with E-state index >= 15 is 0 Å². The molecule has 0 unspecified atom stereocenters. The van der Waals surface area contributed by atoms with Gasteiger partial charge in [0, 0.05) is 40.1 Å². The van der Waals surface area contributed by atoms with Crippen LogP contribution in [0.25, 0.3) is 11.0 Å². The molecule has 136 valence electrons. The summed E-state index contributed by atoms with van der Waals surface area (Å²) in [6, 6.07) is 1.74. The maximum absolute atomic E-state index is 12.8. The van der Waals surface area contributed by atoms with Crippen molar-refractivity contribution in [2.75, 3.05) is 33.9 Å². The molecular formula is C17H25N5O3. The normalized spacial score (nSPS) is 10.9. The fourth-order valence-electron chi connectivity index (χ4n) is 2.73. The van der Waals surface area contributed by atoms with Crippen molar-refractivity contribution in [2.45, 2.75) is 20.3 Å². The number of hydrogen-bond donors (Lipinski definition) is 1. The molecule has 8 nitrogen and oxygen atoms in total. The molecule has 0 aliphatic carbocycles. The van der Waals surface area contributed by atoms with Crippen molar-refractivity contribution in [3.8, 4) is 0 Å². The molecule has 0 aromatic carbocycles. The zero-order valence-electron chi connectivity index (χ0n) is 15.4. The molecule has 0 atom stereocenters. The third kappa shape index (κ3) is 4.33. The number of carbonyl (C=O) groups excluding carboxylic acids is 2. The number of fused-ring (bicyclic) bond motifs is 1. The number of nitrogens with zero attached hydrogens (tertiary/aromatic N) is 4. The molecule has 0 spiro atoms. The van der Waals surface area contributed by atoms with E-state index in [0.29, 0.717) is 24.4 Å². The van der Waals surface area contributed by atoms with Gasteiger partial charge < -0.3 is 15.0 Å². The summed E-state index contributed by atoms with van der Waals surface area (Å²) in [5.41, 5.74) is 2.66. The number of ether oxygens (including phenoxy) is 1. The van der Waals surface area contributed by atoms with E-state index in [9.17, 15) is 9.59 Å². The van der Waals surface area contributed by atoms with Crippen LogP contribution in [0.3, 0.4) is 0 Å². The van der Waals surface area contributed by atoms with Gasteiger partial charge in [-0.25, -0.2) is 4.98 Å². The zero-order valence-corrected chi connectivity index (χ0v) is 15.4. The van der Waals surface area contributed by atoms with E-state index in [4.69, 9.17) is 4.74 Å². The summed E-state index contributed by atoms with van der Waals surface area (Å²) in [5.74, 6) is -0.421. The van der Waals surface area contributed by atoms with E-state index in [1.165, 1.54) is 4.90 Å². The average molecular weight is 347 g/mol. The number of methoxy groups -OCH3 is 1. The molecule has 0 aliphatic rings. The summed E-state index contributed by atoms with van der Waals surface area (Å²) in [4.78, 5) is 30.7. The van der Waals surface area contributed by atoms with Crippen LogP contribution in [0, 0.1) is 13.8 Å². The van der Waals surface area contributed by atoms with Crippen LogP contribution in [0.4, 0.5) is 0 Å². The minimum absolute atomic E-state index is 0.00596. The van der Waals surface area contributed by atoms with Gasteiger partial charge in [-0.05, 0) is 26.3 Å². The van der Waals surface area contributed by atoms with Crippen molar-refractivity contribution in [1.29, 1.82) is 0 Å². The van der Waals surface area contributed by atoms with Gasteiger partial charge in [-0.1, -0.05) is 0 Å². The number of hydrogen-bond acceptors (Lipinski definition) is 5. The number of aromatic nitrogens is 3. The predicted octanol–water partition coefficient (Wildman–Crippen LogP) is 0.810. The summed E-state index contributed by atoms with van der Waals surface area (Å²) >= 11 is 0. The van der Waals surface area contributed by atoms with Crippen molar-refractivity contribution in [2.24, 2.45) is 7.05 Å². The SMILES string of the molecule is COCCCNC(=O)CN(C)C(=O)c1cc(C)nc2c1c(C)nn2C. The highest BCUT2D eigenvalue weighted by atomic mass is 16.5. The number of pyridine rings is 1. The maximum Gasteiger partial charge on any atom is 0.254 e. The van der Waals surface area contributed by atoms with Gasteiger partial charge in [0.05, 0.1) is 23.2 Å². The lowest BCUT2D eigenvalue weighted by atomic mass is 10.1. The number of nitrogens with one attached hydrogen (secondary N) is 1. The third-order valence-electron chi connectivity index (χ3n) is 3.90. The molecule has 8 heteroatoms. The summed E-state index contributed by atoms with van der Waals surface area (Å²) in [6.07, 6.45) is 0.735. The van der Waals surface area contributed by atoms with E-state index in [-0.39, 0.29) is 18.4 Å². The fraction of sp³-hybridized carbons (Fsp3) is 0.529. The molecule has 0 saturated carbocycles. The van der Waals surface area contributed by atoms with E-state index in [2.05, 4.69) is 15.4 Å². The highest BCUT2D eigenvalue weighted by Gasteiger charge is 2.21. The second kappa shape index (κ2) is 8.06. The van der Waals surface area contributed by atoms with E-state index < -0.39 is 0 Å². The third-order valence-corrected chi connectivity index (χ3v) is 3.90. The Morgan fingerprint density at radius 2 is 2.08 bits per heavy atom. The molecule has 0 aliphatic heterocycles. The van der Waals surface area contributed by atoms with Crippen molar-refractivity contribution < 1.29 is 14.3 Å². The van der Waals surface area contributed by atoms with Crippen LogP contribution in [0.2, 0.25) is 0 Å². The van der Waals surface area contributed by atoms with Crippen LogP contribution in [0.1, 0.15) is 28.2 Å². The lowest BCUT2D eigenvalue weighted by Gasteiger charge is -2.17. The lowest BCUT2D eigenvalue weighted by molar-refractivity contribution is -0.121. The Labute approximate surface area is 147 Å². The molecule has 0 fully saturated rings. The monoisotopic (exact) mass is 347 g/mol. The van der Waals surface area contributed by atoms with E-state index in [0.717, 1.165) is 23.2 Å². The van der Waals surface area contributed by atoms with Crippen molar-refractivity contribution >= 4 is 22.8 Å². The first kappa shape index (κ1) is 18.9. The van der Waals surface area contributed by atoms with Crippen LogP contribution >= 0.6 is 0 Å².